The lowest BCUT2D eigenvalue weighted by Crippen LogP contribution is -2.54. The Morgan fingerprint density at radius 1 is 1.11 bits per heavy atom. The Bertz CT molecular complexity index is 763. The molecule has 0 aromatic heterocycles. The van der Waals surface area contributed by atoms with E-state index in [1.807, 2.05) is 6.92 Å². The highest BCUT2D eigenvalue weighted by Gasteiger charge is 2.41. The fourth-order valence-electron chi connectivity index (χ4n) is 3.68. The fraction of sp³-hybridized carbons (Fsp3) is 0.611. The van der Waals surface area contributed by atoms with Gasteiger partial charge in [0, 0.05) is 32.7 Å². The zero-order valence-corrected chi connectivity index (χ0v) is 16.2. The second kappa shape index (κ2) is 8.20. The Morgan fingerprint density at radius 2 is 1.74 bits per heavy atom. The number of benzene rings is 1. The topological polar surface area (TPSA) is 60.9 Å². The SMILES string of the molecule is Cc1ccc(S(=O)(=O)N2CCC[C@H]2C(=O)N2CCN(CC(F)F)CC2)cc1. The predicted molar refractivity (Wildman–Crippen MR) is 97.1 cm³/mol. The van der Waals surface area contributed by atoms with Crippen LogP contribution in [0.25, 0.3) is 0 Å². The number of hydrogen-bond acceptors (Lipinski definition) is 4. The molecule has 0 aliphatic carbocycles. The Hall–Kier alpha value is -1.58. The van der Waals surface area contributed by atoms with Gasteiger partial charge >= 0.3 is 0 Å². The highest BCUT2D eigenvalue weighted by atomic mass is 32.2. The van der Waals surface area contributed by atoms with E-state index in [-0.39, 0.29) is 17.3 Å². The van der Waals surface area contributed by atoms with E-state index in [1.165, 1.54) is 4.31 Å². The maximum Gasteiger partial charge on any atom is 0.251 e. The van der Waals surface area contributed by atoms with E-state index in [0.29, 0.717) is 45.6 Å². The van der Waals surface area contributed by atoms with Crippen LogP contribution < -0.4 is 0 Å². The first kappa shape index (κ1) is 20.2. The van der Waals surface area contributed by atoms with Crippen molar-refractivity contribution in [2.24, 2.45) is 0 Å². The summed E-state index contributed by atoms with van der Waals surface area (Å²) >= 11 is 0. The standard InChI is InChI=1S/C18H25F2N3O3S/c1-14-4-6-15(7-5-14)27(25,26)23-8-2-3-16(23)18(24)22-11-9-21(10-12-22)13-17(19)20/h4-7,16-17H,2-3,8-13H2,1H3/t16-/m0/s1. The zero-order valence-electron chi connectivity index (χ0n) is 15.4. The summed E-state index contributed by atoms with van der Waals surface area (Å²) in [5.74, 6) is -0.222. The summed E-state index contributed by atoms with van der Waals surface area (Å²) in [6.07, 6.45) is -1.27. The van der Waals surface area contributed by atoms with Gasteiger partial charge in [-0.05, 0) is 31.9 Å². The molecule has 9 heteroatoms. The molecule has 1 aromatic carbocycles. The van der Waals surface area contributed by atoms with Crippen LogP contribution in [0.1, 0.15) is 18.4 Å². The molecule has 0 saturated carbocycles. The summed E-state index contributed by atoms with van der Waals surface area (Å²) < 4.78 is 52.2. The van der Waals surface area contributed by atoms with Gasteiger partial charge in [0.1, 0.15) is 6.04 Å². The van der Waals surface area contributed by atoms with Crippen LogP contribution >= 0.6 is 0 Å². The third-order valence-corrected chi connectivity index (χ3v) is 7.12. The molecule has 3 rings (SSSR count). The summed E-state index contributed by atoms with van der Waals surface area (Å²) in [7, 11) is -3.74. The van der Waals surface area contributed by atoms with Crippen molar-refractivity contribution in [2.45, 2.75) is 37.1 Å². The van der Waals surface area contributed by atoms with Crippen molar-refractivity contribution in [2.75, 3.05) is 39.3 Å². The third-order valence-electron chi connectivity index (χ3n) is 5.20. The number of carbonyl (C=O) groups excluding carboxylic acids is 1. The lowest BCUT2D eigenvalue weighted by molar-refractivity contribution is -0.136. The van der Waals surface area contributed by atoms with Gasteiger partial charge in [0.2, 0.25) is 15.9 Å². The fourth-order valence-corrected chi connectivity index (χ4v) is 5.33. The molecular weight excluding hydrogens is 376 g/mol. The highest BCUT2D eigenvalue weighted by molar-refractivity contribution is 7.89. The quantitative estimate of drug-likeness (QED) is 0.751. The molecule has 2 fully saturated rings. The Labute approximate surface area is 158 Å². The Kier molecular flexibility index (Phi) is 6.12. The number of amides is 1. The van der Waals surface area contributed by atoms with Gasteiger partial charge in [0.05, 0.1) is 11.4 Å². The van der Waals surface area contributed by atoms with Crippen LogP contribution in [0.15, 0.2) is 29.2 Å². The third kappa shape index (κ3) is 4.47. The predicted octanol–water partition coefficient (Wildman–Crippen LogP) is 1.56. The monoisotopic (exact) mass is 401 g/mol. The molecule has 0 bridgehead atoms. The van der Waals surface area contributed by atoms with Gasteiger partial charge in [0.25, 0.3) is 6.43 Å². The molecule has 1 amide bonds. The number of piperazine rings is 1. The number of alkyl halides is 2. The van der Waals surface area contributed by atoms with Gasteiger partial charge in [-0.2, -0.15) is 4.31 Å². The highest BCUT2D eigenvalue weighted by Crippen LogP contribution is 2.27. The van der Waals surface area contributed by atoms with E-state index in [4.69, 9.17) is 0 Å². The van der Waals surface area contributed by atoms with Crippen LogP contribution in [0.5, 0.6) is 0 Å². The van der Waals surface area contributed by atoms with E-state index in [2.05, 4.69) is 0 Å². The molecule has 1 aromatic rings. The summed E-state index contributed by atoms with van der Waals surface area (Å²) in [6, 6.07) is 5.89. The minimum absolute atomic E-state index is 0.189. The van der Waals surface area contributed by atoms with Crippen molar-refractivity contribution in [1.82, 2.24) is 14.1 Å². The summed E-state index contributed by atoms with van der Waals surface area (Å²) in [4.78, 5) is 16.3. The van der Waals surface area contributed by atoms with Gasteiger partial charge in [0.15, 0.2) is 0 Å². The number of nitrogens with zero attached hydrogens (tertiary/aromatic N) is 3. The van der Waals surface area contributed by atoms with Crippen LogP contribution in [-0.2, 0) is 14.8 Å². The van der Waals surface area contributed by atoms with Crippen molar-refractivity contribution >= 4 is 15.9 Å². The Morgan fingerprint density at radius 3 is 2.33 bits per heavy atom. The van der Waals surface area contributed by atoms with E-state index in [0.717, 1.165) is 5.56 Å². The number of hydrogen-bond donors (Lipinski definition) is 0. The van der Waals surface area contributed by atoms with Crippen LogP contribution in [-0.4, -0.2) is 80.2 Å². The largest absolute Gasteiger partial charge is 0.339 e. The first-order valence-electron chi connectivity index (χ1n) is 9.17. The molecule has 2 aliphatic rings. The number of rotatable bonds is 5. The van der Waals surface area contributed by atoms with E-state index >= 15 is 0 Å². The average Bonchev–Trinajstić information content (AvgIpc) is 3.12. The molecule has 2 aliphatic heterocycles. The molecule has 0 N–H and O–H groups in total. The van der Waals surface area contributed by atoms with Crippen molar-refractivity contribution < 1.29 is 22.0 Å². The molecule has 150 valence electrons. The van der Waals surface area contributed by atoms with Gasteiger partial charge in [-0.3, -0.25) is 9.69 Å². The number of halogens is 2. The zero-order chi connectivity index (χ0) is 19.6. The molecule has 2 heterocycles. The molecule has 2 saturated heterocycles. The Balaban J connectivity index is 1.69. The van der Waals surface area contributed by atoms with Gasteiger partial charge < -0.3 is 4.90 Å². The van der Waals surface area contributed by atoms with Gasteiger partial charge in [-0.1, -0.05) is 17.7 Å². The minimum Gasteiger partial charge on any atom is -0.339 e. The lowest BCUT2D eigenvalue weighted by Gasteiger charge is -2.37. The number of carbonyl (C=O) groups is 1. The van der Waals surface area contributed by atoms with E-state index in [1.54, 1.807) is 34.1 Å². The van der Waals surface area contributed by atoms with Crippen LogP contribution in [0.3, 0.4) is 0 Å². The first-order chi connectivity index (χ1) is 12.8. The molecular formula is C18H25F2N3O3S. The molecule has 0 unspecified atom stereocenters. The maximum atomic E-state index is 13.0. The summed E-state index contributed by atoms with van der Waals surface area (Å²) in [5, 5.41) is 0. The normalized spacial score (nSPS) is 22.5. The van der Waals surface area contributed by atoms with Crippen LogP contribution in [0, 0.1) is 6.92 Å². The second-order valence-electron chi connectivity index (χ2n) is 7.10. The van der Waals surface area contributed by atoms with Gasteiger partial charge in [-0.15, -0.1) is 0 Å². The second-order valence-corrected chi connectivity index (χ2v) is 8.99. The smallest absolute Gasteiger partial charge is 0.251 e. The average molecular weight is 401 g/mol. The van der Waals surface area contributed by atoms with Crippen molar-refractivity contribution in [3.63, 3.8) is 0 Å². The minimum atomic E-state index is -3.74. The van der Waals surface area contributed by atoms with Crippen molar-refractivity contribution in [1.29, 1.82) is 0 Å². The molecule has 6 nitrogen and oxygen atoms in total. The van der Waals surface area contributed by atoms with Crippen LogP contribution in [0.2, 0.25) is 0 Å². The number of sulfonamides is 1. The first-order valence-corrected chi connectivity index (χ1v) is 10.6. The van der Waals surface area contributed by atoms with E-state index < -0.39 is 22.5 Å². The summed E-state index contributed by atoms with van der Waals surface area (Å²) in [6.45, 7) is 3.37. The van der Waals surface area contributed by atoms with Crippen LogP contribution in [0.4, 0.5) is 8.78 Å². The van der Waals surface area contributed by atoms with Gasteiger partial charge in [-0.25, -0.2) is 17.2 Å². The molecule has 27 heavy (non-hydrogen) atoms. The van der Waals surface area contributed by atoms with E-state index in [9.17, 15) is 22.0 Å². The lowest BCUT2D eigenvalue weighted by atomic mass is 10.2. The molecule has 0 radical (unpaired) electrons. The molecule has 1 atom stereocenters. The van der Waals surface area contributed by atoms with Crippen molar-refractivity contribution in [3.8, 4) is 0 Å². The van der Waals surface area contributed by atoms with Crippen molar-refractivity contribution in [3.05, 3.63) is 29.8 Å². The molecule has 0 spiro atoms. The number of aryl methyl sites for hydroxylation is 1. The maximum absolute atomic E-state index is 13.0. The summed E-state index contributed by atoms with van der Waals surface area (Å²) in [5.41, 5.74) is 0.963.